The van der Waals surface area contributed by atoms with Crippen LogP contribution in [0, 0.1) is 5.82 Å². The molecule has 1 aliphatic heterocycles. The molecule has 116 valence electrons. The predicted molar refractivity (Wildman–Crippen MR) is 76.8 cm³/mol. The number of halogens is 1. The summed E-state index contributed by atoms with van der Waals surface area (Å²) in [6, 6.07) is 6.37. The molecule has 1 aromatic heterocycles. The second kappa shape index (κ2) is 5.53. The lowest BCUT2D eigenvalue weighted by Gasteiger charge is -2.27. The van der Waals surface area contributed by atoms with Crippen LogP contribution in [0.25, 0.3) is 0 Å². The second-order valence-electron chi connectivity index (χ2n) is 5.79. The van der Waals surface area contributed by atoms with Gasteiger partial charge in [0.05, 0.1) is 24.3 Å². The zero-order chi connectivity index (χ0) is 15.7. The average molecular weight is 304 g/mol. The number of amides is 1. The summed E-state index contributed by atoms with van der Waals surface area (Å²) in [7, 11) is 0. The van der Waals surface area contributed by atoms with Gasteiger partial charge in [-0.3, -0.25) is 4.79 Å². The Morgan fingerprint density at radius 3 is 2.91 bits per heavy atom. The topological polar surface area (TPSA) is 64.4 Å². The zero-order valence-corrected chi connectivity index (χ0v) is 12.5. The average Bonchev–Trinajstić information content (AvgIpc) is 2.91. The number of carbonyl (C=O) groups excluding carboxylic acids is 1. The molecule has 6 heteroatoms. The standard InChI is InChI=1S/C16H17FN2O3/c1-16(2,11-5-3-4-6-12(11)17)18-15(20)14-10-9-21-8-7-13(10)22-19-14/h3-6H,7-9H2,1-2H3,(H,18,20). The number of ether oxygens (including phenoxy) is 1. The number of hydrogen-bond donors (Lipinski definition) is 1. The van der Waals surface area contributed by atoms with Gasteiger partial charge < -0.3 is 14.6 Å². The van der Waals surface area contributed by atoms with Crippen molar-refractivity contribution in [3.05, 3.63) is 52.7 Å². The summed E-state index contributed by atoms with van der Waals surface area (Å²) in [5.41, 5.74) is 0.424. The van der Waals surface area contributed by atoms with E-state index in [-0.39, 0.29) is 11.5 Å². The van der Waals surface area contributed by atoms with Crippen LogP contribution in [0.4, 0.5) is 4.39 Å². The van der Waals surface area contributed by atoms with Crippen LogP contribution in [0.15, 0.2) is 28.8 Å². The van der Waals surface area contributed by atoms with Crippen molar-refractivity contribution in [3.8, 4) is 0 Å². The highest BCUT2D eigenvalue weighted by Gasteiger charge is 2.30. The summed E-state index contributed by atoms with van der Waals surface area (Å²) in [6.45, 7) is 4.35. The van der Waals surface area contributed by atoms with Crippen LogP contribution < -0.4 is 5.32 Å². The van der Waals surface area contributed by atoms with Gasteiger partial charge in [-0.1, -0.05) is 23.4 Å². The highest BCUT2D eigenvalue weighted by molar-refractivity contribution is 5.94. The summed E-state index contributed by atoms with van der Waals surface area (Å²) < 4.78 is 24.5. The third-order valence-electron chi connectivity index (χ3n) is 3.78. The van der Waals surface area contributed by atoms with Crippen molar-refractivity contribution in [2.45, 2.75) is 32.4 Å². The molecular weight excluding hydrogens is 287 g/mol. The maximum Gasteiger partial charge on any atom is 0.274 e. The van der Waals surface area contributed by atoms with Crippen LogP contribution in [-0.4, -0.2) is 17.7 Å². The molecule has 0 radical (unpaired) electrons. The molecule has 0 unspecified atom stereocenters. The van der Waals surface area contributed by atoms with Gasteiger partial charge in [0, 0.05) is 12.0 Å². The van der Waals surface area contributed by atoms with Crippen molar-refractivity contribution in [1.29, 1.82) is 0 Å². The van der Waals surface area contributed by atoms with E-state index in [4.69, 9.17) is 9.26 Å². The molecule has 1 N–H and O–H groups in total. The highest BCUT2D eigenvalue weighted by Crippen LogP contribution is 2.25. The van der Waals surface area contributed by atoms with E-state index in [0.29, 0.717) is 36.5 Å². The summed E-state index contributed by atoms with van der Waals surface area (Å²) in [4.78, 5) is 12.5. The molecule has 3 rings (SSSR count). The van der Waals surface area contributed by atoms with E-state index in [1.165, 1.54) is 6.07 Å². The minimum Gasteiger partial charge on any atom is -0.376 e. The number of carbonyl (C=O) groups is 1. The van der Waals surface area contributed by atoms with E-state index in [1.54, 1.807) is 32.0 Å². The van der Waals surface area contributed by atoms with Crippen molar-refractivity contribution in [1.82, 2.24) is 10.5 Å². The lowest BCUT2D eigenvalue weighted by atomic mass is 9.93. The molecule has 22 heavy (non-hydrogen) atoms. The number of fused-ring (bicyclic) bond motifs is 1. The maximum atomic E-state index is 13.9. The Morgan fingerprint density at radius 1 is 1.36 bits per heavy atom. The molecule has 0 fully saturated rings. The SMILES string of the molecule is CC(C)(NC(=O)c1noc2c1COCC2)c1ccccc1F. The lowest BCUT2D eigenvalue weighted by Crippen LogP contribution is -2.42. The molecule has 5 nitrogen and oxygen atoms in total. The number of nitrogens with zero attached hydrogens (tertiary/aromatic N) is 1. The molecule has 0 bridgehead atoms. The van der Waals surface area contributed by atoms with Gasteiger partial charge in [-0.2, -0.15) is 0 Å². The Morgan fingerprint density at radius 2 is 2.14 bits per heavy atom. The van der Waals surface area contributed by atoms with Crippen LogP contribution in [-0.2, 0) is 23.3 Å². The van der Waals surface area contributed by atoms with Gasteiger partial charge in [-0.15, -0.1) is 0 Å². The Labute approximate surface area is 127 Å². The van der Waals surface area contributed by atoms with Crippen LogP contribution in [0.1, 0.15) is 41.2 Å². The molecule has 0 aliphatic carbocycles. The van der Waals surface area contributed by atoms with E-state index in [1.807, 2.05) is 0 Å². The fourth-order valence-electron chi connectivity index (χ4n) is 2.58. The van der Waals surface area contributed by atoms with E-state index in [9.17, 15) is 9.18 Å². The predicted octanol–water partition coefficient (Wildman–Crippen LogP) is 2.55. The van der Waals surface area contributed by atoms with E-state index >= 15 is 0 Å². The Balaban J connectivity index is 1.85. The largest absolute Gasteiger partial charge is 0.376 e. The first kappa shape index (κ1) is 14.7. The minimum atomic E-state index is -0.871. The van der Waals surface area contributed by atoms with Crippen LogP contribution in [0.2, 0.25) is 0 Å². The van der Waals surface area contributed by atoms with Gasteiger partial charge in [0.25, 0.3) is 5.91 Å². The van der Waals surface area contributed by atoms with Crippen LogP contribution in [0.3, 0.4) is 0 Å². The number of hydrogen-bond acceptors (Lipinski definition) is 4. The van der Waals surface area contributed by atoms with E-state index < -0.39 is 11.4 Å². The molecule has 0 atom stereocenters. The monoisotopic (exact) mass is 304 g/mol. The maximum absolute atomic E-state index is 13.9. The molecule has 0 spiro atoms. The quantitative estimate of drug-likeness (QED) is 0.946. The first-order valence-corrected chi connectivity index (χ1v) is 7.12. The summed E-state index contributed by atoms with van der Waals surface area (Å²) in [5, 5.41) is 6.65. The summed E-state index contributed by atoms with van der Waals surface area (Å²) >= 11 is 0. The summed E-state index contributed by atoms with van der Waals surface area (Å²) in [5.74, 6) is -0.0813. The zero-order valence-electron chi connectivity index (χ0n) is 12.5. The van der Waals surface area contributed by atoms with Gasteiger partial charge in [0.15, 0.2) is 5.69 Å². The molecule has 0 saturated heterocycles. The normalized spacial score (nSPS) is 14.5. The van der Waals surface area contributed by atoms with Crippen molar-refractivity contribution < 1.29 is 18.4 Å². The number of rotatable bonds is 3. The summed E-state index contributed by atoms with van der Waals surface area (Å²) in [6.07, 6.45) is 0.603. The third kappa shape index (κ3) is 2.62. The van der Waals surface area contributed by atoms with Gasteiger partial charge in [-0.05, 0) is 19.9 Å². The van der Waals surface area contributed by atoms with Gasteiger partial charge in [-0.25, -0.2) is 4.39 Å². The van der Waals surface area contributed by atoms with Crippen molar-refractivity contribution in [3.63, 3.8) is 0 Å². The van der Waals surface area contributed by atoms with Crippen molar-refractivity contribution in [2.24, 2.45) is 0 Å². The van der Waals surface area contributed by atoms with Gasteiger partial charge in [0.2, 0.25) is 0 Å². The molecule has 1 aromatic carbocycles. The van der Waals surface area contributed by atoms with Crippen molar-refractivity contribution >= 4 is 5.91 Å². The Kier molecular flexibility index (Phi) is 3.70. The first-order valence-electron chi connectivity index (χ1n) is 7.12. The molecule has 1 aliphatic rings. The van der Waals surface area contributed by atoms with Crippen LogP contribution in [0.5, 0.6) is 0 Å². The van der Waals surface area contributed by atoms with Crippen molar-refractivity contribution in [2.75, 3.05) is 6.61 Å². The molecular formula is C16H17FN2O3. The fraction of sp³-hybridized carbons (Fsp3) is 0.375. The second-order valence-corrected chi connectivity index (χ2v) is 5.79. The van der Waals surface area contributed by atoms with Gasteiger partial charge >= 0.3 is 0 Å². The van der Waals surface area contributed by atoms with Gasteiger partial charge in [0.1, 0.15) is 11.6 Å². The molecule has 2 heterocycles. The fourth-order valence-corrected chi connectivity index (χ4v) is 2.58. The highest BCUT2D eigenvalue weighted by atomic mass is 19.1. The van der Waals surface area contributed by atoms with E-state index in [0.717, 1.165) is 0 Å². The molecule has 1 amide bonds. The minimum absolute atomic E-state index is 0.208. The number of aromatic nitrogens is 1. The molecule has 2 aromatic rings. The Hall–Kier alpha value is -2.21. The first-order chi connectivity index (χ1) is 10.5. The Bertz CT molecular complexity index is 709. The smallest absolute Gasteiger partial charge is 0.274 e. The third-order valence-corrected chi connectivity index (χ3v) is 3.78. The van der Waals surface area contributed by atoms with E-state index in [2.05, 4.69) is 10.5 Å². The lowest BCUT2D eigenvalue weighted by molar-refractivity contribution is 0.0885. The molecule has 0 saturated carbocycles. The number of benzene rings is 1. The van der Waals surface area contributed by atoms with Crippen LogP contribution >= 0.6 is 0 Å². The number of nitrogens with one attached hydrogen (secondary N) is 1.